The molecular weight excluding hydrogens is 276 g/mol. The van der Waals surface area contributed by atoms with Gasteiger partial charge in [0, 0.05) is 5.56 Å². The third kappa shape index (κ3) is 4.59. The SMILES string of the molecule is CCOC(=O)C(O)=CC=C(SC)C(=O)c1ccccc1. The maximum Gasteiger partial charge on any atom is 0.373 e. The van der Waals surface area contributed by atoms with Gasteiger partial charge in [-0.05, 0) is 25.3 Å². The van der Waals surface area contributed by atoms with Crippen LogP contribution in [-0.4, -0.2) is 29.7 Å². The molecule has 0 unspecified atom stereocenters. The van der Waals surface area contributed by atoms with Gasteiger partial charge in [0.05, 0.1) is 11.5 Å². The highest BCUT2D eigenvalue weighted by Gasteiger charge is 2.11. The minimum Gasteiger partial charge on any atom is -0.502 e. The van der Waals surface area contributed by atoms with Crippen LogP contribution in [0.25, 0.3) is 0 Å². The van der Waals surface area contributed by atoms with Gasteiger partial charge in [0.2, 0.25) is 5.76 Å². The third-order valence-electron chi connectivity index (χ3n) is 2.36. The van der Waals surface area contributed by atoms with Crippen molar-refractivity contribution in [3.63, 3.8) is 0 Å². The Balaban J connectivity index is 2.91. The van der Waals surface area contributed by atoms with E-state index in [1.54, 1.807) is 37.4 Å². The van der Waals surface area contributed by atoms with Gasteiger partial charge in [-0.2, -0.15) is 0 Å². The monoisotopic (exact) mass is 292 g/mol. The number of hydrogen-bond donors (Lipinski definition) is 1. The van der Waals surface area contributed by atoms with E-state index in [9.17, 15) is 14.7 Å². The number of ketones is 1. The van der Waals surface area contributed by atoms with Crippen LogP contribution < -0.4 is 0 Å². The van der Waals surface area contributed by atoms with Crippen LogP contribution in [0.2, 0.25) is 0 Å². The fourth-order valence-corrected chi connectivity index (χ4v) is 1.90. The summed E-state index contributed by atoms with van der Waals surface area (Å²) in [5.41, 5.74) is 0.553. The van der Waals surface area contributed by atoms with E-state index in [1.165, 1.54) is 23.9 Å². The maximum atomic E-state index is 12.2. The van der Waals surface area contributed by atoms with Crippen LogP contribution in [-0.2, 0) is 9.53 Å². The third-order valence-corrected chi connectivity index (χ3v) is 3.12. The average molecular weight is 292 g/mol. The van der Waals surface area contributed by atoms with E-state index in [4.69, 9.17) is 0 Å². The van der Waals surface area contributed by atoms with Crippen LogP contribution >= 0.6 is 11.8 Å². The number of allylic oxidation sites excluding steroid dienone is 3. The second-order valence-corrected chi connectivity index (χ2v) is 4.55. The van der Waals surface area contributed by atoms with Crippen molar-refractivity contribution in [1.29, 1.82) is 0 Å². The Morgan fingerprint density at radius 2 is 1.90 bits per heavy atom. The van der Waals surface area contributed by atoms with Gasteiger partial charge in [0.1, 0.15) is 0 Å². The smallest absolute Gasteiger partial charge is 0.373 e. The Labute approximate surface area is 122 Å². The van der Waals surface area contributed by atoms with E-state index in [1.807, 2.05) is 6.07 Å². The van der Waals surface area contributed by atoms with Crippen molar-refractivity contribution in [2.75, 3.05) is 12.9 Å². The predicted molar refractivity (Wildman–Crippen MR) is 79.7 cm³/mol. The number of thioether (sulfide) groups is 1. The number of carbonyl (C=O) groups excluding carboxylic acids is 2. The van der Waals surface area contributed by atoms with Gasteiger partial charge in [-0.15, -0.1) is 11.8 Å². The molecule has 0 bridgehead atoms. The number of Topliss-reactive ketones (excluding diaryl/α,β-unsaturated/α-hetero) is 1. The Hall–Kier alpha value is -2.01. The van der Waals surface area contributed by atoms with Gasteiger partial charge in [-0.25, -0.2) is 4.79 Å². The van der Waals surface area contributed by atoms with E-state index < -0.39 is 11.7 Å². The standard InChI is InChI=1S/C15H16O4S/c1-3-19-15(18)12(16)9-10-13(20-2)14(17)11-7-5-4-6-8-11/h4-10,16H,3H2,1-2H3. The molecule has 0 atom stereocenters. The lowest BCUT2D eigenvalue weighted by molar-refractivity contribution is -0.141. The quantitative estimate of drug-likeness (QED) is 0.287. The van der Waals surface area contributed by atoms with Gasteiger partial charge in [-0.3, -0.25) is 4.79 Å². The van der Waals surface area contributed by atoms with Crippen LogP contribution in [0, 0.1) is 0 Å². The highest BCUT2D eigenvalue weighted by molar-refractivity contribution is 8.03. The van der Waals surface area contributed by atoms with E-state index in [0.717, 1.165) is 0 Å². The summed E-state index contributed by atoms with van der Waals surface area (Å²) in [4.78, 5) is 23.8. The summed E-state index contributed by atoms with van der Waals surface area (Å²) in [6, 6.07) is 8.79. The largest absolute Gasteiger partial charge is 0.502 e. The predicted octanol–water partition coefficient (Wildman–Crippen LogP) is 3.12. The van der Waals surface area contributed by atoms with Crippen molar-refractivity contribution in [3.05, 3.63) is 58.7 Å². The highest BCUT2D eigenvalue weighted by atomic mass is 32.2. The molecule has 0 aromatic heterocycles. The lowest BCUT2D eigenvalue weighted by Gasteiger charge is -2.03. The molecule has 0 aliphatic heterocycles. The molecule has 0 amide bonds. The molecular formula is C15H16O4S. The number of aliphatic hydroxyl groups is 1. The molecule has 0 saturated carbocycles. The zero-order valence-electron chi connectivity index (χ0n) is 11.3. The van der Waals surface area contributed by atoms with Gasteiger partial charge < -0.3 is 9.84 Å². The summed E-state index contributed by atoms with van der Waals surface area (Å²) in [7, 11) is 0. The Morgan fingerprint density at radius 3 is 2.45 bits per heavy atom. The number of carbonyl (C=O) groups is 2. The molecule has 0 spiro atoms. The lowest BCUT2D eigenvalue weighted by atomic mass is 10.1. The van der Waals surface area contributed by atoms with Crippen LogP contribution in [0.15, 0.2) is 53.1 Å². The Kier molecular flexibility index (Phi) is 6.59. The number of ether oxygens (including phenoxy) is 1. The molecule has 0 radical (unpaired) electrons. The van der Waals surface area contributed by atoms with Crippen molar-refractivity contribution in [2.24, 2.45) is 0 Å². The summed E-state index contributed by atoms with van der Waals surface area (Å²) < 4.78 is 4.64. The molecule has 0 aliphatic rings. The first-order chi connectivity index (χ1) is 9.60. The number of rotatable bonds is 6. The van der Waals surface area contributed by atoms with Gasteiger partial charge in [0.25, 0.3) is 0 Å². The van der Waals surface area contributed by atoms with Gasteiger partial charge in [0.15, 0.2) is 5.78 Å². The Morgan fingerprint density at radius 1 is 1.25 bits per heavy atom. The van der Waals surface area contributed by atoms with E-state index in [2.05, 4.69) is 4.74 Å². The second kappa shape index (κ2) is 8.22. The molecule has 0 aliphatic carbocycles. The van der Waals surface area contributed by atoms with Crippen LogP contribution in [0.1, 0.15) is 17.3 Å². The zero-order chi connectivity index (χ0) is 15.0. The summed E-state index contributed by atoms with van der Waals surface area (Å²) in [5.74, 6) is -1.50. The van der Waals surface area contributed by atoms with Crippen LogP contribution in [0.3, 0.4) is 0 Å². The highest BCUT2D eigenvalue weighted by Crippen LogP contribution is 2.18. The molecule has 4 nitrogen and oxygen atoms in total. The summed E-state index contributed by atoms with van der Waals surface area (Å²) in [5, 5.41) is 9.47. The molecule has 1 aromatic rings. The van der Waals surface area contributed by atoms with E-state index >= 15 is 0 Å². The minimum absolute atomic E-state index is 0.161. The molecule has 0 fully saturated rings. The fourth-order valence-electron chi connectivity index (χ4n) is 1.40. The summed E-state index contributed by atoms with van der Waals surface area (Å²) >= 11 is 1.24. The zero-order valence-corrected chi connectivity index (χ0v) is 12.1. The normalized spacial score (nSPS) is 12.1. The molecule has 1 N–H and O–H groups in total. The number of benzene rings is 1. The number of esters is 1. The molecule has 5 heteroatoms. The first-order valence-corrected chi connectivity index (χ1v) is 7.24. The van der Waals surface area contributed by atoms with Gasteiger partial charge >= 0.3 is 5.97 Å². The molecule has 106 valence electrons. The Bertz CT molecular complexity index is 532. The number of hydrogen-bond acceptors (Lipinski definition) is 5. The number of aliphatic hydroxyl groups excluding tert-OH is 1. The first kappa shape index (κ1) is 16.0. The molecule has 20 heavy (non-hydrogen) atoms. The topological polar surface area (TPSA) is 63.6 Å². The van der Waals surface area contributed by atoms with Crippen LogP contribution in [0.4, 0.5) is 0 Å². The fraction of sp³-hybridized carbons (Fsp3) is 0.200. The molecule has 0 heterocycles. The maximum absolute atomic E-state index is 12.2. The molecule has 1 aromatic carbocycles. The molecule has 1 rings (SSSR count). The van der Waals surface area contributed by atoms with Crippen molar-refractivity contribution >= 4 is 23.5 Å². The van der Waals surface area contributed by atoms with Crippen molar-refractivity contribution < 1.29 is 19.4 Å². The summed E-state index contributed by atoms with van der Waals surface area (Å²) in [6.45, 7) is 1.83. The molecule has 0 saturated heterocycles. The van der Waals surface area contributed by atoms with Crippen molar-refractivity contribution in [3.8, 4) is 0 Å². The lowest BCUT2D eigenvalue weighted by Crippen LogP contribution is -2.07. The van der Waals surface area contributed by atoms with Gasteiger partial charge in [-0.1, -0.05) is 30.3 Å². The minimum atomic E-state index is -0.809. The van der Waals surface area contributed by atoms with E-state index in [-0.39, 0.29) is 12.4 Å². The van der Waals surface area contributed by atoms with Crippen molar-refractivity contribution in [2.45, 2.75) is 6.92 Å². The average Bonchev–Trinajstić information content (AvgIpc) is 2.48. The summed E-state index contributed by atoms with van der Waals surface area (Å²) in [6.07, 6.45) is 4.33. The first-order valence-electron chi connectivity index (χ1n) is 6.02. The van der Waals surface area contributed by atoms with Crippen LogP contribution in [0.5, 0.6) is 0 Å². The van der Waals surface area contributed by atoms with E-state index in [0.29, 0.717) is 10.5 Å². The van der Waals surface area contributed by atoms with Crippen molar-refractivity contribution in [1.82, 2.24) is 0 Å². The second-order valence-electron chi connectivity index (χ2n) is 3.70.